The summed E-state index contributed by atoms with van der Waals surface area (Å²) in [5.41, 5.74) is 4.29. The smallest absolute Gasteiger partial charge is 0.326 e. The maximum Gasteiger partial charge on any atom is 0.326 e. The molecule has 11 nitrogen and oxygen atoms in total. The van der Waals surface area contributed by atoms with Gasteiger partial charge in [0.2, 0.25) is 17.7 Å². The fourth-order valence-corrected chi connectivity index (χ4v) is 6.00. The van der Waals surface area contributed by atoms with Crippen molar-refractivity contribution in [3.05, 3.63) is 126 Å². The van der Waals surface area contributed by atoms with Gasteiger partial charge < -0.3 is 31.1 Å². The van der Waals surface area contributed by atoms with E-state index in [9.17, 15) is 29.1 Å². The predicted molar refractivity (Wildman–Crippen MR) is 196 cm³/mol. The number of fused-ring (bicyclic) bond motifs is 16. The average Bonchev–Trinajstić information content (AvgIpc) is 3.15. The molecule has 2 aliphatic rings. The Kier molecular flexibility index (Phi) is 12.8. The molecule has 4 amide bonds. The largest absolute Gasteiger partial charge is 0.484 e. The lowest BCUT2D eigenvalue weighted by Gasteiger charge is -2.27. The number of hydrogen-bond donors (Lipinski definition) is 5. The molecule has 0 fully saturated rings. The minimum Gasteiger partial charge on any atom is -0.484 e. The van der Waals surface area contributed by atoms with Gasteiger partial charge >= 0.3 is 5.97 Å². The third-order valence-electron chi connectivity index (χ3n) is 8.94. The van der Waals surface area contributed by atoms with Crippen molar-refractivity contribution < 1.29 is 33.8 Å². The Hall–Kier alpha value is -5.97. The molecular weight excluding hydrogens is 660 g/mol. The monoisotopic (exact) mass is 704 g/mol. The van der Waals surface area contributed by atoms with Crippen LogP contribution in [-0.2, 0) is 43.2 Å². The zero-order valence-corrected chi connectivity index (χ0v) is 29.2. The average molecular weight is 705 g/mol. The van der Waals surface area contributed by atoms with Crippen LogP contribution in [0.4, 0.5) is 0 Å². The van der Waals surface area contributed by atoms with E-state index in [0.717, 1.165) is 22.3 Å². The van der Waals surface area contributed by atoms with Crippen molar-refractivity contribution >= 4 is 29.6 Å². The van der Waals surface area contributed by atoms with Crippen LogP contribution in [0.25, 0.3) is 11.1 Å². The van der Waals surface area contributed by atoms with E-state index in [-0.39, 0.29) is 31.8 Å². The molecule has 0 aliphatic carbocycles. The second kappa shape index (κ2) is 17.8. The van der Waals surface area contributed by atoms with Gasteiger partial charge in [-0.2, -0.15) is 0 Å². The fraction of sp³-hybridized carbons (Fsp3) is 0.293. The highest BCUT2D eigenvalue weighted by molar-refractivity contribution is 5.95. The summed E-state index contributed by atoms with van der Waals surface area (Å²) in [6, 6.07) is 28.8. The van der Waals surface area contributed by atoms with E-state index in [0.29, 0.717) is 17.7 Å². The molecule has 6 rings (SSSR count). The van der Waals surface area contributed by atoms with Gasteiger partial charge in [-0.05, 0) is 58.7 Å². The lowest BCUT2D eigenvalue weighted by Crippen LogP contribution is -2.59. The molecule has 11 heteroatoms. The van der Waals surface area contributed by atoms with Crippen molar-refractivity contribution in [2.24, 2.45) is 5.92 Å². The van der Waals surface area contributed by atoms with Crippen LogP contribution in [0.3, 0.4) is 0 Å². The molecule has 270 valence electrons. The lowest BCUT2D eigenvalue weighted by atomic mass is 9.98. The number of carbonyl (C=O) groups excluding carboxylic acids is 4. The maximum absolute atomic E-state index is 14.2. The van der Waals surface area contributed by atoms with Crippen LogP contribution >= 0.6 is 0 Å². The van der Waals surface area contributed by atoms with Crippen LogP contribution in [0, 0.1) is 5.92 Å². The summed E-state index contributed by atoms with van der Waals surface area (Å²) in [5.74, 6) is -3.63. The summed E-state index contributed by atoms with van der Waals surface area (Å²) in [4.78, 5) is 67.1. The number of hydrogen-bond acceptors (Lipinski definition) is 6. The number of ether oxygens (including phenoxy) is 1. The van der Waals surface area contributed by atoms with E-state index in [2.05, 4.69) is 21.3 Å². The Morgan fingerprint density at radius 1 is 0.692 bits per heavy atom. The Morgan fingerprint density at radius 2 is 1.29 bits per heavy atom. The molecule has 0 saturated heterocycles. The molecule has 52 heavy (non-hydrogen) atoms. The summed E-state index contributed by atoms with van der Waals surface area (Å²) in [5, 5.41) is 21.1. The molecule has 0 aromatic heterocycles. The van der Waals surface area contributed by atoms with Crippen LogP contribution in [0.15, 0.2) is 109 Å². The molecule has 0 saturated carbocycles. The molecule has 2 heterocycles. The minimum absolute atomic E-state index is 0.0328. The van der Waals surface area contributed by atoms with E-state index in [1.165, 1.54) is 0 Å². The molecule has 2 bridgehead atoms. The van der Waals surface area contributed by atoms with Gasteiger partial charge in [0.1, 0.15) is 29.9 Å². The van der Waals surface area contributed by atoms with Crippen molar-refractivity contribution in [2.45, 2.75) is 63.7 Å². The molecule has 0 radical (unpaired) electrons. The Labute approximate surface area is 303 Å². The summed E-state index contributed by atoms with van der Waals surface area (Å²) in [6.45, 7) is 3.18. The van der Waals surface area contributed by atoms with Gasteiger partial charge in [0.15, 0.2) is 6.61 Å². The highest BCUT2D eigenvalue weighted by Gasteiger charge is 2.32. The number of aryl methyl sites for hydroxylation is 1. The van der Waals surface area contributed by atoms with E-state index in [1.54, 1.807) is 38.1 Å². The first-order valence-electron chi connectivity index (χ1n) is 17.4. The number of nitrogens with one attached hydrogen (secondary N) is 4. The predicted octanol–water partition coefficient (Wildman–Crippen LogP) is 3.84. The van der Waals surface area contributed by atoms with Gasteiger partial charge in [-0.25, -0.2) is 4.79 Å². The van der Waals surface area contributed by atoms with Crippen LogP contribution in [0.1, 0.15) is 37.0 Å². The number of carboxylic acids is 1. The third kappa shape index (κ3) is 10.5. The van der Waals surface area contributed by atoms with Gasteiger partial charge in [0.25, 0.3) is 5.91 Å². The van der Waals surface area contributed by atoms with Crippen LogP contribution in [-0.4, -0.2) is 65.5 Å². The standard InChI is InChI=1S/C41H44N4O7/c1-26(2)37-40(49)43-34(23-28-13-18-31(19-14-28)30-11-7-4-8-12-30)39(48)42-33(22-17-27-9-5-3-6-10-27)38(47)44-35(41(50)51)24-29-15-20-32(21-16-29)52-25-36(46)45-37/h3-16,18-21,26,33-35,37H,17,22-25H2,1-2H3,(H,42,48)(H,43,49)(H,44,47)(H,45,46)(H,50,51). The molecule has 2 aliphatic heterocycles. The second-order valence-corrected chi connectivity index (χ2v) is 13.2. The normalized spacial score (nSPS) is 20.3. The summed E-state index contributed by atoms with van der Waals surface area (Å²) in [7, 11) is 0. The Balaban J connectivity index is 1.47. The van der Waals surface area contributed by atoms with E-state index < -0.39 is 53.8 Å². The molecule has 4 aromatic rings. The van der Waals surface area contributed by atoms with E-state index >= 15 is 0 Å². The molecule has 4 unspecified atom stereocenters. The van der Waals surface area contributed by atoms with Gasteiger partial charge in [-0.3, -0.25) is 19.2 Å². The molecule has 0 spiro atoms. The number of carboxylic acid groups (broad SMARTS) is 1. The number of benzene rings is 4. The van der Waals surface area contributed by atoms with Crippen molar-refractivity contribution in [2.75, 3.05) is 6.61 Å². The van der Waals surface area contributed by atoms with Gasteiger partial charge in [0, 0.05) is 12.8 Å². The molecule has 5 N–H and O–H groups in total. The molecular formula is C41H44N4O7. The number of carbonyl (C=O) groups is 5. The topological polar surface area (TPSA) is 163 Å². The highest BCUT2D eigenvalue weighted by atomic mass is 16.5. The quantitative estimate of drug-likeness (QED) is 0.174. The molecule has 4 aromatic carbocycles. The Bertz CT molecular complexity index is 1830. The van der Waals surface area contributed by atoms with Crippen molar-refractivity contribution in [3.8, 4) is 16.9 Å². The first kappa shape index (κ1) is 37.3. The van der Waals surface area contributed by atoms with Crippen LogP contribution in [0.5, 0.6) is 5.75 Å². The fourth-order valence-electron chi connectivity index (χ4n) is 6.00. The number of amides is 4. The number of rotatable bonds is 8. The van der Waals surface area contributed by atoms with Crippen molar-refractivity contribution in [1.82, 2.24) is 21.3 Å². The zero-order valence-electron chi connectivity index (χ0n) is 29.2. The molecule has 4 atom stereocenters. The van der Waals surface area contributed by atoms with E-state index in [1.807, 2.05) is 84.9 Å². The minimum atomic E-state index is -1.30. The van der Waals surface area contributed by atoms with Gasteiger partial charge in [-0.1, -0.05) is 111 Å². The van der Waals surface area contributed by atoms with Gasteiger partial charge in [-0.15, -0.1) is 0 Å². The van der Waals surface area contributed by atoms with Crippen LogP contribution in [0.2, 0.25) is 0 Å². The summed E-state index contributed by atoms with van der Waals surface area (Å²) < 4.78 is 5.63. The van der Waals surface area contributed by atoms with Gasteiger partial charge in [0.05, 0.1) is 0 Å². The lowest BCUT2D eigenvalue weighted by molar-refractivity contribution is -0.142. The highest BCUT2D eigenvalue weighted by Crippen LogP contribution is 2.20. The van der Waals surface area contributed by atoms with Crippen LogP contribution < -0.4 is 26.0 Å². The maximum atomic E-state index is 14.2. The van der Waals surface area contributed by atoms with E-state index in [4.69, 9.17) is 4.74 Å². The van der Waals surface area contributed by atoms with Crippen molar-refractivity contribution in [3.63, 3.8) is 0 Å². The second-order valence-electron chi connectivity index (χ2n) is 13.2. The van der Waals surface area contributed by atoms with Crippen molar-refractivity contribution in [1.29, 1.82) is 0 Å². The summed E-state index contributed by atoms with van der Waals surface area (Å²) in [6.07, 6.45) is 0.622. The SMILES string of the molecule is CC(C)C1NC(=O)COc2ccc(cc2)CC(C(=O)O)NC(=O)C(CCc2ccccc2)NC(=O)C(Cc2ccc(-c3ccccc3)cc2)NC1=O. The first-order chi connectivity index (χ1) is 25.0. The zero-order chi connectivity index (χ0) is 37.0. The first-order valence-corrected chi connectivity index (χ1v) is 17.4. The summed E-state index contributed by atoms with van der Waals surface area (Å²) >= 11 is 0. The third-order valence-corrected chi connectivity index (χ3v) is 8.94. The Morgan fingerprint density at radius 3 is 1.92 bits per heavy atom. The number of aliphatic carboxylic acids is 1.